The molecule has 1 amide bonds. The normalized spacial score (nSPS) is 23.4. The fourth-order valence-electron chi connectivity index (χ4n) is 3.86. The van der Waals surface area contributed by atoms with Gasteiger partial charge in [0.05, 0.1) is 10.8 Å². The summed E-state index contributed by atoms with van der Waals surface area (Å²) in [5, 5.41) is 3.11. The molecule has 2 aliphatic rings. The molecule has 0 spiro atoms. The number of amides is 1. The van der Waals surface area contributed by atoms with Gasteiger partial charge in [-0.3, -0.25) is 4.79 Å². The largest absolute Gasteiger partial charge is 0.353 e. The molecular weight excluding hydrogens is 367 g/mol. The molecule has 0 radical (unpaired) electrons. The zero-order chi connectivity index (χ0) is 19.4. The summed E-state index contributed by atoms with van der Waals surface area (Å²) in [6.07, 6.45) is 7.67. The number of nitrogens with one attached hydrogen (secondary N) is 1. The standard InChI is InChI=1S/C20H29FN2O3S/c1-2-3-13-23(27(25,26)17-11-9-15(21)10-12-17)19-14-18(19)20(24)22-16-7-5-4-6-8-16/h9-12,16,18-19H,2-8,13-14H2,1H3,(H,22,24)/t18-,19-/m1/s1. The van der Waals surface area contributed by atoms with Crippen molar-refractivity contribution in [2.24, 2.45) is 5.92 Å². The number of hydrogen-bond donors (Lipinski definition) is 1. The monoisotopic (exact) mass is 396 g/mol. The van der Waals surface area contributed by atoms with Crippen LogP contribution >= 0.6 is 0 Å². The lowest BCUT2D eigenvalue weighted by Crippen LogP contribution is -2.40. The zero-order valence-electron chi connectivity index (χ0n) is 15.9. The van der Waals surface area contributed by atoms with E-state index in [2.05, 4.69) is 5.32 Å². The van der Waals surface area contributed by atoms with Crippen LogP contribution in [0.3, 0.4) is 0 Å². The second-order valence-electron chi connectivity index (χ2n) is 7.68. The van der Waals surface area contributed by atoms with Crippen LogP contribution in [-0.4, -0.2) is 37.3 Å². The number of hydrogen-bond acceptors (Lipinski definition) is 3. The van der Waals surface area contributed by atoms with Crippen molar-refractivity contribution in [3.63, 3.8) is 0 Å². The minimum absolute atomic E-state index is 0.0253. The van der Waals surface area contributed by atoms with E-state index in [4.69, 9.17) is 0 Å². The predicted molar refractivity (Wildman–Crippen MR) is 102 cm³/mol. The summed E-state index contributed by atoms with van der Waals surface area (Å²) < 4.78 is 40.8. The highest BCUT2D eigenvalue weighted by molar-refractivity contribution is 7.89. The molecule has 0 aliphatic heterocycles. The first kappa shape index (κ1) is 20.3. The second kappa shape index (κ2) is 8.69. The van der Waals surface area contributed by atoms with Crippen molar-refractivity contribution in [3.05, 3.63) is 30.1 Å². The molecule has 2 fully saturated rings. The van der Waals surface area contributed by atoms with Gasteiger partial charge in [0.25, 0.3) is 0 Å². The molecule has 1 aromatic carbocycles. The lowest BCUT2D eigenvalue weighted by Gasteiger charge is -2.24. The number of carbonyl (C=O) groups is 1. The van der Waals surface area contributed by atoms with Gasteiger partial charge in [-0.05, 0) is 49.9 Å². The lowest BCUT2D eigenvalue weighted by molar-refractivity contribution is -0.123. The Balaban J connectivity index is 1.70. The van der Waals surface area contributed by atoms with Gasteiger partial charge in [-0.1, -0.05) is 32.6 Å². The maximum Gasteiger partial charge on any atom is 0.243 e. The molecule has 0 aromatic heterocycles. The first-order valence-electron chi connectivity index (χ1n) is 10.0. The van der Waals surface area contributed by atoms with Gasteiger partial charge in [-0.2, -0.15) is 4.31 Å². The Hall–Kier alpha value is -1.47. The van der Waals surface area contributed by atoms with Crippen LogP contribution in [0.4, 0.5) is 4.39 Å². The maximum absolute atomic E-state index is 13.2. The molecule has 7 heteroatoms. The summed E-state index contributed by atoms with van der Waals surface area (Å²) in [4.78, 5) is 12.7. The Bertz CT molecular complexity index is 745. The first-order chi connectivity index (χ1) is 12.9. The molecule has 150 valence electrons. The van der Waals surface area contributed by atoms with Gasteiger partial charge in [0.1, 0.15) is 5.82 Å². The minimum atomic E-state index is -3.74. The molecule has 2 saturated carbocycles. The van der Waals surface area contributed by atoms with E-state index in [1.807, 2.05) is 6.92 Å². The van der Waals surface area contributed by atoms with E-state index in [-0.39, 0.29) is 28.8 Å². The van der Waals surface area contributed by atoms with Crippen molar-refractivity contribution >= 4 is 15.9 Å². The van der Waals surface area contributed by atoms with Crippen LogP contribution in [0.2, 0.25) is 0 Å². The fourth-order valence-corrected chi connectivity index (χ4v) is 5.57. The highest BCUT2D eigenvalue weighted by atomic mass is 32.2. The molecule has 2 atom stereocenters. The Morgan fingerprint density at radius 3 is 2.48 bits per heavy atom. The van der Waals surface area contributed by atoms with Gasteiger partial charge in [0.2, 0.25) is 15.9 Å². The predicted octanol–water partition coefficient (Wildman–Crippen LogP) is 3.45. The third-order valence-electron chi connectivity index (χ3n) is 5.57. The topological polar surface area (TPSA) is 66.5 Å². The van der Waals surface area contributed by atoms with Crippen LogP contribution in [0, 0.1) is 11.7 Å². The average molecular weight is 397 g/mol. The molecule has 1 aromatic rings. The Morgan fingerprint density at radius 2 is 1.85 bits per heavy atom. The first-order valence-corrected chi connectivity index (χ1v) is 11.4. The number of halogens is 1. The quantitative estimate of drug-likeness (QED) is 0.732. The van der Waals surface area contributed by atoms with Gasteiger partial charge < -0.3 is 5.32 Å². The van der Waals surface area contributed by atoms with Crippen molar-refractivity contribution in [1.29, 1.82) is 0 Å². The van der Waals surface area contributed by atoms with Crippen molar-refractivity contribution in [3.8, 4) is 0 Å². The van der Waals surface area contributed by atoms with Gasteiger partial charge in [0, 0.05) is 18.6 Å². The molecule has 0 unspecified atom stereocenters. The molecule has 0 saturated heterocycles. The molecule has 1 N–H and O–H groups in total. The highest BCUT2D eigenvalue weighted by Crippen LogP contribution is 2.39. The van der Waals surface area contributed by atoms with Gasteiger partial charge in [-0.15, -0.1) is 0 Å². The van der Waals surface area contributed by atoms with Crippen LogP contribution in [0.15, 0.2) is 29.2 Å². The van der Waals surface area contributed by atoms with Crippen LogP contribution in [0.25, 0.3) is 0 Å². The fraction of sp³-hybridized carbons (Fsp3) is 0.650. The summed E-state index contributed by atoms with van der Waals surface area (Å²) in [6, 6.07) is 4.84. The van der Waals surface area contributed by atoms with E-state index >= 15 is 0 Å². The number of benzene rings is 1. The Kier molecular flexibility index (Phi) is 6.52. The minimum Gasteiger partial charge on any atom is -0.353 e. The van der Waals surface area contributed by atoms with Crippen molar-refractivity contribution < 1.29 is 17.6 Å². The van der Waals surface area contributed by atoms with Crippen molar-refractivity contribution in [2.75, 3.05) is 6.54 Å². The van der Waals surface area contributed by atoms with E-state index in [0.29, 0.717) is 13.0 Å². The smallest absolute Gasteiger partial charge is 0.243 e. The molecule has 0 bridgehead atoms. The Morgan fingerprint density at radius 1 is 1.19 bits per heavy atom. The molecule has 0 heterocycles. The number of sulfonamides is 1. The van der Waals surface area contributed by atoms with Gasteiger partial charge in [0.15, 0.2) is 0 Å². The third kappa shape index (κ3) is 4.88. The number of unbranched alkanes of at least 4 members (excludes halogenated alkanes) is 1. The molecule has 5 nitrogen and oxygen atoms in total. The summed E-state index contributed by atoms with van der Waals surface area (Å²) in [7, 11) is -3.74. The number of rotatable bonds is 8. The average Bonchev–Trinajstić information content (AvgIpc) is 3.43. The van der Waals surface area contributed by atoms with E-state index in [1.165, 1.54) is 22.9 Å². The van der Waals surface area contributed by atoms with Crippen LogP contribution in [-0.2, 0) is 14.8 Å². The lowest BCUT2D eigenvalue weighted by atomic mass is 9.95. The molecule has 27 heavy (non-hydrogen) atoms. The third-order valence-corrected chi connectivity index (χ3v) is 7.51. The molecule has 2 aliphatic carbocycles. The number of carbonyl (C=O) groups excluding carboxylic acids is 1. The van der Waals surface area contributed by atoms with E-state index in [0.717, 1.165) is 50.7 Å². The molecule has 3 rings (SSSR count). The van der Waals surface area contributed by atoms with E-state index in [9.17, 15) is 17.6 Å². The van der Waals surface area contributed by atoms with Crippen LogP contribution in [0.1, 0.15) is 58.3 Å². The maximum atomic E-state index is 13.2. The summed E-state index contributed by atoms with van der Waals surface area (Å²) >= 11 is 0. The van der Waals surface area contributed by atoms with Crippen molar-refractivity contribution in [2.45, 2.75) is 75.3 Å². The summed E-state index contributed by atoms with van der Waals surface area (Å²) in [5.74, 6) is -0.771. The van der Waals surface area contributed by atoms with E-state index < -0.39 is 15.8 Å². The highest BCUT2D eigenvalue weighted by Gasteiger charge is 2.51. The molecular formula is C20H29FN2O3S. The summed E-state index contributed by atoms with van der Waals surface area (Å²) in [5.41, 5.74) is 0. The van der Waals surface area contributed by atoms with Crippen LogP contribution < -0.4 is 5.32 Å². The second-order valence-corrected chi connectivity index (χ2v) is 9.57. The zero-order valence-corrected chi connectivity index (χ0v) is 16.7. The van der Waals surface area contributed by atoms with Gasteiger partial charge in [-0.25, -0.2) is 12.8 Å². The van der Waals surface area contributed by atoms with Crippen molar-refractivity contribution in [1.82, 2.24) is 9.62 Å². The summed E-state index contributed by atoms with van der Waals surface area (Å²) in [6.45, 7) is 2.39. The van der Waals surface area contributed by atoms with E-state index in [1.54, 1.807) is 0 Å². The SMILES string of the molecule is CCCCN([C@@H]1C[C@H]1C(=O)NC1CCCCC1)S(=O)(=O)c1ccc(F)cc1. The number of nitrogens with zero attached hydrogens (tertiary/aromatic N) is 1. The van der Waals surface area contributed by atoms with Crippen LogP contribution in [0.5, 0.6) is 0 Å². The van der Waals surface area contributed by atoms with Gasteiger partial charge >= 0.3 is 0 Å². The Labute approximate surface area is 161 Å².